The van der Waals surface area contributed by atoms with Crippen molar-refractivity contribution in [2.45, 2.75) is 37.6 Å². The molecule has 0 spiro atoms. The lowest BCUT2D eigenvalue weighted by Crippen LogP contribution is -2.59. The summed E-state index contributed by atoms with van der Waals surface area (Å²) < 4.78 is 0. The molecule has 0 atom stereocenters. The minimum atomic E-state index is -1.09. The number of carboxylic acid groups (broad SMARTS) is 1. The number of aliphatic carboxylic acids is 1. The zero-order valence-corrected chi connectivity index (χ0v) is 11.2. The largest absolute Gasteiger partial charge is 0.480 e. The molecule has 1 aromatic heterocycles. The van der Waals surface area contributed by atoms with E-state index >= 15 is 0 Å². The number of hydrogen-bond donors (Lipinski definition) is 2. The molecule has 0 unspecified atom stereocenters. The Balaban J connectivity index is 1.82. The molecule has 0 aliphatic heterocycles. The van der Waals surface area contributed by atoms with Gasteiger partial charge in [-0.2, -0.15) is 0 Å². The van der Waals surface area contributed by atoms with Gasteiger partial charge in [0.15, 0.2) is 5.78 Å². The second-order valence-corrected chi connectivity index (χ2v) is 5.64. The maximum atomic E-state index is 11.7. The highest BCUT2D eigenvalue weighted by atomic mass is 32.1. The molecule has 0 bridgehead atoms. The third-order valence-electron chi connectivity index (χ3n) is 3.37. The molecule has 102 valence electrons. The Morgan fingerprint density at radius 1 is 1.32 bits per heavy atom. The normalized spacial score (nSPS) is 16.4. The Bertz CT molecular complexity index is 491. The van der Waals surface area contributed by atoms with Crippen LogP contribution >= 0.6 is 11.3 Å². The summed E-state index contributed by atoms with van der Waals surface area (Å²) in [6.45, 7) is 0. The van der Waals surface area contributed by atoms with E-state index in [9.17, 15) is 14.4 Å². The number of ketones is 1. The van der Waals surface area contributed by atoms with Crippen LogP contribution in [0.5, 0.6) is 0 Å². The van der Waals surface area contributed by atoms with Gasteiger partial charge in [0, 0.05) is 12.8 Å². The highest BCUT2D eigenvalue weighted by Crippen LogP contribution is 2.32. The van der Waals surface area contributed by atoms with Gasteiger partial charge < -0.3 is 10.4 Å². The molecule has 1 saturated carbocycles. The van der Waals surface area contributed by atoms with Crippen molar-refractivity contribution in [2.24, 2.45) is 0 Å². The van der Waals surface area contributed by atoms with Crippen LogP contribution in [0.1, 0.15) is 41.8 Å². The van der Waals surface area contributed by atoms with Crippen LogP contribution in [0.3, 0.4) is 0 Å². The van der Waals surface area contributed by atoms with E-state index in [1.54, 1.807) is 17.5 Å². The Labute approximate surface area is 114 Å². The Kier molecular flexibility index (Phi) is 3.99. The van der Waals surface area contributed by atoms with Gasteiger partial charge in [-0.05, 0) is 30.7 Å². The maximum Gasteiger partial charge on any atom is 0.329 e. The first-order valence-electron chi connectivity index (χ1n) is 6.15. The van der Waals surface area contributed by atoms with Gasteiger partial charge in [-0.15, -0.1) is 11.3 Å². The van der Waals surface area contributed by atoms with Crippen molar-refractivity contribution in [3.05, 3.63) is 22.4 Å². The molecular weight excluding hydrogens is 266 g/mol. The first-order chi connectivity index (χ1) is 9.03. The minimum Gasteiger partial charge on any atom is -0.480 e. The second kappa shape index (κ2) is 5.52. The summed E-state index contributed by atoms with van der Waals surface area (Å²) in [6, 6.07) is 3.50. The molecule has 5 nitrogen and oxygen atoms in total. The number of thiophene rings is 1. The van der Waals surface area contributed by atoms with Gasteiger partial charge in [0.2, 0.25) is 5.91 Å². The van der Waals surface area contributed by atoms with Crippen molar-refractivity contribution >= 4 is 29.0 Å². The predicted molar refractivity (Wildman–Crippen MR) is 70.2 cm³/mol. The van der Waals surface area contributed by atoms with Gasteiger partial charge in [-0.3, -0.25) is 9.59 Å². The monoisotopic (exact) mass is 281 g/mol. The quantitative estimate of drug-likeness (QED) is 0.779. The lowest BCUT2D eigenvalue weighted by Gasteiger charge is -2.38. The summed E-state index contributed by atoms with van der Waals surface area (Å²) in [6.07, 6.45) is 1.88. The molecule has 2 N–H and O–H groups in total. The number of carbonyl (C=O) groups is 3. The molecule has 0 radical (unpaired) electrons. The van der Waals surface area contributed by atoms with Crippen LogP contribution in [0, 0.1) is 0 Å². The molecule has 1 amide bonds. The maximum absolute atomic E-state index is 11.7. The zero-order valence-electron chi connectivity index (χ0n) is 10.3. The summed E-state index contributed by atoms with van der Waals surface area (Å²) in [4.78, 5) is 35.1. The van der Waals surface area contributed by atoms with Crippen LogP contribution in [0.4, 0.5) is 0 Å². The van der Waals surface area contributed by atoms with Crippen LogP contribution in [-0.2, 0) is 9.59 Å². The molecule has 1 fully saturated rings. The Morgan fingerprint density at radius 2 is 2.05 bits per heavy atom. The molecule has 1 aliphatic carbocycles. The van der Waals surface area contributed by atoms with Gasteiger partial charge in [0.05, 0.1) is 4.88 Å². The third kappa shape index (κ3) is 3.01. The number of carbonyl (C=O) groups excluding carboxylic acids is 2. The Hall–Kier alpha value is -1.69. The summed E-state index contributed by atoms with van der Waals surface area (Å²) in [5, 5.41) is 13.4. The summed E-state index contributed by atoms with van der Waals surface area (Å²) in [5.74, 6) is -1.44. The molecule has 1 aliphatic rings. The number of nitrogens with one attached hydrogen (secondary N) is 1. The van der Waals surface area contributed by atoms with Crippen molar-refractivity contribution in [1.82, 2.24) is 5.32 Å². The lowest BCUT2D eigenvalue weighted by molar-refractivity contribution is -0.151. The van der Waals surface area contributed by atoms with Crippen molar-refractivity contribution < 1.29 is 19.5 Å². The summed E-state index contributed by atoms with van der Waals surface area (Å²) in [5.41, 5.74) is -1.09. The van der Waals surface area contributed by atoms with Gasteiger partial charge in [0.1, 0.15) is 5.54 Å². The number of hydrogen-bond acceptors (Lipinski definition) is 4. The van der Waals surface area contributed by atoms with Crippen molar-refractivity contribution in [1.29, 1.82) is 0 Å². The molecule has 0 saturated heterocycles. The van der Waals surface area contributed by atoms with Crippen molar-refractivity contribution in [2.75, 3.05) is 0 Å². The summed E-state index contributed by atoms with van der Waals surface area (Å²) in [7, 11) is 0. The summed E-state index contributed by atoms with van der Waals surface area (Å²) >= 11 is 1.34. The van der Waals surface area contributed by atoms with E-state index in [1.807, 2.05) is 0 Å². The van der Waals surface area contributed by atoms with E-state index in [0.717, 1.165) is 6.42 Å². The SMILES string of the molecule is O=C(CCC(=O)c1cccs1)NC1(C(=O)O)CCC1. The fourth-order valence-electron chi connectivity index (χ4n) is 2.04. The van der Waals surface area contributed by atoms with Crippen LogP contribution < -0.4 is 5.32 Å². The first kappa shape index (κ1) is 13.7. The Morgan fingerprint density at radius 3 is 2.53 bits per heavy atom. The lowest BCUT2D eigenvalue weighted by atomic mass is 9.76. The molecule has 1 heterocycles. The number of carboxylic acids is 1. The molecule has 1 aromatic rings. The van der Waals surface area contributed by atoms with Crippen LogP contribution in [0.25, 0.3) is 0 Å². The van der Waals surface area contributed by atoms with Crippen LogP contribution in [0.15, 0.2) is 17.5 Å². The highest BCUT2D eigenvalue weighted by molar-refractivity contribution is 7.12. The highest BCUT2D eigenvalue weighted by Gasteiger charge is 2.45. The molecule has 0 aromatic carbocycles. The average molecular weight is 281 g/mol. The van der Waals surface area contributed by atoms with Gasteiger partial charge in [-0.1, -0.05) is 6.07 Å². The van der Waals surface area contributed by atoms with E-state index in [-0.39, 0.29) is 24.5 Å². The smallest absolute Gasteiger partial charge is 0.329 e. The molecule has 6 heteroatoms. The van der Waals surface area contributed by atoms with Crippen LogP contribution in [-0.4, -0.2) is 28.3 Å². The van der Waals surface area contributed by atoms with Gasteiger partial charge in [-0.25, -0.2) is 4.79 Å². The fourth-order valence-corrected chi connectivity index (χ4v) is 2.73. The van der Waals surface area contributed by atoms with Crippen molar-refractivity contribution in [3.63, 3.8) is 0 Å². The number of rotatable bonds is 6. The number of amides is 1. The van der Waals surface area contributed by atoms with Crippen LogP contribution in [0.2, 0.25) is 0 Å². The minimum absolute atomic E-state index is 0.0335. The van der Waals surface area contributed by atoms with E-state index in [0.29, 0.717) is 17.7 Å². The zero-order chi connectivity index (χ0) is 13.9. The molecular formula is C13H15NO4S. The van der Waals surface area contributed by atoms with E-state index in [1.165, 1.54) is 11.3 Å². The van der Waals surface area contributed by atoms with Gasteiger partial charge >= 0.3 is 5.97 Å². The van der Waals surface area contributed by atoms with E-state index < -0.39 is 11.5 Å². The fraction of sp³-hybridized carbons (Fsp3) is 0.462. The first-order valence-corrected chi connectivity index (χ1v) is 7.03. The van der Waals surface area contributed by atoms with Gasteiger partial charge in [0.25, 0.3) is 0 Å². The average Bonchev–Trinajstić information content (AvgIpc) is 2.84. The standard InChI is InChI=1S/C13H15NO4S/c15-9(10-3-1-8-19-10)4-5-11(16)14-13(12(17)18)6-2-7-13/h1,3,8H,2,4-7H2,(H,14,16)(H,17,18). The van der Waals surface area contributed by atoms with E-state index in [4.69, 9.17) is 5.11 Å². The molecule has 19 heavy (non-hydrogen) atoms. The predicted octanol–water partition coefficient (Wildman–Crippen LogP) is 1.83. The number of Topliss-reactive ketones (excluding diaryl/α,β-unsaturated/α-hetero) is 1. The third-order valence-corrected chi connectivity index (χ3v) is 4.28. The second-order valence-electron chi connectivity index (χ2n) is 4.69. The molecule has 2 rings (SSSR count). The van der Waals surface area contributed by atoms with E-state index in [2.05, 4.69) is 5.32 Å². The van der Waals surface area contributed by atoms with Crippen molar-refractivity contribution in [3.8, 4) is 0 Å². The topological polar surface area (TPSA) is 83.5 Å².